The Hall–Kier alpha value is -2.53. The molecular formula is C26H32N4O4S2. The number of rotatable bonds is 6. The van der Waals surface area contributed by atoms with E-state index in [1.807, 2.05) is 12.1 Å². The first-order valence-corrected chi connectivity index (χ1v) is 14.9. The van der Waals surface area contributed by atoms with Crippen LogP contribution in [0.4, 0.5) is 5.13 Å². The molecule has 0 bridgehead atoms. The Kier molecular flexibility index (Phi) is 7.57. The molecule has 36 heavy (non-hydrogen) atoms. The Bertz CT molecular complexity index is 1310. The van der Waals surface area contributed by atoms with Gasteiger partial charge in [-0.1, -0.05) is 31.1 Å². The monoisotopic (exact) mass is 528 g/mol. The predicted octanol–water partition coefficient (Wildman–Crippen LogP) is 4.22. The third-order valence-corrected chi connectivity index (χ3v) is 9.93. The van der Waals surface area contributed by atoms with E-state index in [9.17, 15) is 13.2 Å². The molecule has 2 aliphatic heterocycles. The van der Waals surface area contributed by atoms with Crippen molar-refractivity contribution in [1.29, 1.82) is 0 Å². The van der Waals surface area contributed by atoms with Gasteiger partial charge in [-0.05, 0) is 55.8 Å². The Morgan fingerprint density at radius 1 is 0.944 bits per heavy atom. The standard InChI is InChI=1S/C26H32N4O4S2/c1-2-28-15-17-29(18-16-28)26-27-23-12-9-21(19-24(23)35-26)34-25(31)20-7-10-22(11-8-20)36(32,33)30-13-5-3-4-6-14-30/h7-12,19H,2-6,13-18H2,1H3. The number of carbonyl (C=O) groups is 1. The summed E-state index contributed by atoms with van der Waals surface area (Å²) in [6.07, 6.45) is 3.87. The van der Waals surface area contributed by atoms with E-state index in [0.29, 0.717) is 24.4 Å². The second-order valence-corrected chi connectivity index (χ2v) is 12.2. The van der Waals surface area contributed by atoms with Crippen LogP contribution in [-0.2, 0) is 10.0 Å². The van der Waals surface area contributed by atoms with Crippen LogP contribution < -0.4 is 9.64 Å². The van der Waals surface area contributed by atoms with Gasteiger partial charge in [0.25, 0.3) is 0 Å². The highest BCUT2D eigenvalue weighted by Crippen LogP contribution is 2.32. The van der Waals surface area contributed by atoms with E-state index in [1.54, 1.807) is 21.7 Å². The first kappa shape index (κ1) is 25.1. The van der Waals surface area contributed by atoms with E-state index < -0.39 is 16.0 Å². The lowest BCUT2D eigenvalue weighted by atomic mass is 10.2. The first-order chi connectivity index (χ1) is 17.4. The normalized spacial score (nSPS) is 18.3. The molecule has 5 rings (SSSR count). The molecule has 0 radical (unpaired) electrons. The summed E-state index contributed by atoms with van der Waals surface area (Å²) in [5.74, 6) is -0.0757. The number of benzene rings is 2. The van der Waals surface area contributed by atoms with Crippen molar-refractivity contribution in [2.45, 2.75) is 37.5 Å². The van der Waals surface area contributed by atoms with E-state index in [4.69, 9.17) is 9.72 Å². The summed E-state index contributed by atoms with van der Waals surface area (Å²) in [6.45, 7) is 8.33. The van der Waals surface area contributed by atoms with Crippen LogP contribution in [-0.4, -0.2) is 74.4 Å². The maximum atomic E-state index is 13.0. The molecule has 0 amide bonds. The summed E-state index contributed by atoms with van der Waals surface area (Å²) in [5, 5.41) is 0.991. The van der Waals surface area contributed by atoms with E-state index in [-0.39, 0.29) is 4.90 Å². The summed E-state index contributed by atoms with van der Waals surface area (Å²) < 4.78 is 34.1. The first-order valence-electron chi connectivity index (χ1n) is 12.6. The van der Waals surface area contributed by atoms with Crippen LogP contribution in [0.2, 0.25) is 0 Å². The third-order valence-electron chi connectivity index (χ3n) is 6.94. The number of hydrogen-bond donors (Lipinski definition) is 0. The third kappa shape index (κ3) is 5.41. The number of fused-ring (bicyclic) bond motifs is 1. The number of thiazole rings is 1. The van der Waals surface area contributed by atoms with E-state index in [2.05, 4.69) is 16.7 Å². The van der Waals surface area contributed by atoms with Gasteiger partial charge in [-0.2, -0.15) is 4.31 Å². The van der Waals surface area contributed by atoms with Gasteiger partial charge in [0.05, 0.1) is 20.7 Å². The van der Waals surface area contributed by atoms with Gasteiger partial charge in [-0.3, -0.25) is 0 Å². The van der Waals surface area contributed by atoms with Gasteiger partial charge in [0.15, 0.2) is 5.13 Å². The van der Waals surface area contributed by atoms with Crippen LogP contribution in [0.1, 0.15) is 43.0 Å². The predicted molar refractivity (Wildman–Crippen MR) is 143 cm³/mol. The number of piperazine rings is 1. The lowest BCUT2D eigenvalue weighted by Gasteiger charge is -2.33. The fourth-order valence-corrected chi connectivity index (χ4v) is 7.27. The molecule has 192 valence electrons. The molecule has 0 saturated carbocycles. The minimum absolute atomic E-state index is 0.208. The molecule has 2 fully saturated rings. The van der Waals surface area contributed by atoms with Gasteiger partial charge < -0.3 is 14.5 Å². The largest absolute Gasteiger partial charge is 0.423 e. The maximum absolute atomic E-state index is 13.0. The van der Waals surface area contributed by atoms with E-state index in [1.165, 1.54) is 24.3 Å². The van der Waals surface area contributed by atoms with Crippen molar-refractivity contribution in [2.75, 3.05) is 50.7 Å². The summed E-state index contributed by atoms with van der Waals surface area (Å²) in [5.41, 5.74) is 1.19. The molecule has 2 saturated heterocycles. The molecule has 0 unspecified atom stereocenters. The number of anilines is 1. The Morgan fingerprint density at radius 3 is 2.31 bits per heavy atom. The molecule has 0 aliphatic carbocycles. The zero-order valence-electron chi connectivity index (χ0n) is 20.6. The molecular weight excluding hydrogens is 496 g/mol. The van der Waals surface area contributed by atoms with Gasteiger partial charge in [0.2, 0.25) is 10.0 Å². The van der Waals surface area contributed by atoms with Crippen molar-refractivity contribution in [3.63, 3.8) is 0 Å². The van der Waals surface area contributed by atoms with Crippen LogP contribution in [0.15, 0.2) is 47.4 Å². The topological polar surface area (TPSA) is 83.0 Å². The van der Waals surface area contributed by atoms with Gasteiger partial charge >= 0.3 is 5.97 Å². The second-order valence-electron chi connectivity index (χ2n) is 9.28. The van der Waals surface area contributed by atoms with E-state index >= 15 is 0 Å². The molecule has 0 spiro atoms. The Morgan fingerprint density at radius 2 is 1.64 bits per heavy atom. The van der Waals surface area contributed by atoms with Gasteiger partial charge in [-0.15, -0.1) is 0 Å². The van der Waals surface area contributed by atoms with Gasteiger partial charge in [-0.25, -0.2) is 18.2 Å². The number of hydrogen-bond acceptors (Lipinski definition) is 8. The molecule has 3 aromatic rings. The van der Waals surface area contributed by atoms with Gasteiger partial charge in [0.1, 0.15) is 5.75 Å². The minimum Gasteiger partial charge on any atom is -0.423 e. The lowest BCUT2D eigenvalue weighted by molar-refractivity contribution is 0.0735. The van der Waals surface area contributed by atoms with Crippen molar-refractivity contribution in [1.82, 2.24) is 14.2 Å². The van der Waals surface area contributed by atoms with Crippen molar-refractivity contribution >= 4 is 42.7 Å². The number of aromatic nitrogens is 1. The zero-order valence-corrected chi connectivity index (χ0v) is 22.2. The van der Waals surface area contributed by atoms with Crippen molar-refractivity contribution in [2.24, 2.45) is 0 Å². The lowest BCUT2D eigenvalue weighted by Crippen LogP contribution is -2.46. The smallest absolute Gasteiger partial charge is 0.343 e. The van der Waals surface area contributed by atoms with Crippen LogP contribution in [0.5, 0.6) is 5.75 Å². The van der Waals surface area contributed by atoms with Gasteiger partial charge in [0, 0.05) is 45.3 Å². The number of sulfonamides is 1. The molecule has 3 heterocycles. The summed E-state index contributed by atoms with van der Waals surface area (Å²) in [7, 11) is -3.55. The van der Waals surface area contributed by atoms with Crippen LogP contribution in [0.25, 0.3) is 10.2 Å². The highest BCUT2D eigenvalue weighted by Gasteiger charge is 2.25. The molecule has 2 aromatic carbocycles. The molecule has 2 aliphatic rings. The van der Waals surface area contributed by atoms with Crippen LogP contribution in [0.3, 0.4) is 0 Å². The quantitative estimate of drug-likeness (QED) is 0.350. The number of carbonyl (C=O) groups excluding carboxylic acids is 1. The summed E-state index contributed by atoms with van der Waals surface area (Å²) >= 11 is 1.60. The molecule has 0 N–H and O–H groups in total. The van der Waals surface area contributed by atoms with Crippen molar-refractivity contribution in [3.05, 3.63) is 48.0 Å². The Labute approximate surface area is 216 Å². The average Bonchev–Trinajstić information content (AvgIpc) is 3.12. The molecule has 10 heteroatoms. The molecule has 0 atom stereocenters. The fraction of sp³-hybridized carbons (Fsp3) is 0.462. The highest BCUT2D eigenvalue weighted by molar-refractivity contribution is 7.89. The minimum atomic E-state index is -3.55. The number of esters is 1. The van der Waals surface area contributed by atoms with Crippen molar-refractivity contribution in [3.8, 4) is 5.75 Å². The van der Waals surface area contributed by atoms with E-state index in [0.717, 1.165) is 73.8 Å². The zero-order chi connectivity index (χ0) is 25.1. The fourth-order valence-electron chi connectivity index (χ4n) is 4.71. The summed E-state index contributed by atoms with van der Waals surface area (Å²) in [6, 6.07) is 11.5. The molecule has 8 nitrogen and oxygen atoms in total. The SMILES string of the molecule is CCN1CCN(c2nc3ccc(OC(=O)c4ccc(S(=O)(=O)N5CCCCCC5)cc4)cc3s2)CC1. The van der Waals surface area contributed by atoms with Crippen LogP contribution >= 0.6 is 11.3 Å². The Balaban J connectivity index is 1.26. The highest BCUT2D eigenvalue weighted by atomic mass is 32.2. The number of nitrogens with zero attached hydrogens (tertiary/aromatic N) is 4. The number of likely N-dealkylation sites (N-methyl/N-ethyl adjacent to an activating group) is 1. The maximum Gasteiger partial charge on any atom is 0.343 e. The van der Waals surface area contributed by atoms with Crippen molar-refractivity contribution < 1.29 is 17.9 Å². The molecule has 1 aromatic heterocycles. The average molecular weight is 529 g/mol. The second kappa shape index (κ2) is 10.8. The summed E-state index contributed by atoms with van der Waals surface area (Å²) in [4.78, 5) is 22.5. The van der Waals surface area contributed by atoms with Crippen LogP contribution in [0, 0.1) is 0 Å². The number of ether oxygens (including phenoxy) is 1.